The lowest BCUT2D eigenvalue weighted by Gasteiger charge is -2.38. The smallest absolute Gasteiger partial charge is 0.257 e. The third kappa shape index (κ3) is 2.83. The van der Waals surface area contributed by atoms with Crippen molar-refractivity contribution < 1.29 is 18.3 Å². The molecule has 1 amide bonds. The van der Waals surface area contributed by atoms with E-state index in [0.29, 0.717) is 44.3 Å². The van der Waals surface area contributed by atoms with Gasteiger partial charge in [0.25, 0.3) is 5.91 Å². The maximum atomic E-state index is 13.8. The molecular weight excluding hydrogens is 404 g/mol. The van der Waals surface area contributed by atoms with Crippen molar-refractivity contribution in [3.8, 4) is 0 Å². The second-order valence-corrected chi connectivity index (χ2v) is 8.48. The van der Waals surface area contributed by atoms with Crippen LogP contribution in [0.25, 0.3) is 5.65 Å². The number of piperidine rings is 1. The lowest BCUT2D eigenvalue weighted by atomic mass is 9.89. The Balaban J connectivity index is 1.24. The summed E-state index contributed by atoms with van der Waals surface area (Å²) in [5.41, 5.74) is 0.392. The summed E-state index contributed by atoms with van der Waals surface area (Å²) >= 11 is 0. The summed E-state index contributed by atoms with van der Waals surface area (Å²) in [7, 11) is 0. The van der Waals surface area contributed by atoms with Crippen molar-refractivity contribution in [2.75, 3.05) is 18.0 Å². The molecule has 3 aromatic rings. The molecule has 0 N–H and O–H groups in total. The molecule has 5 heterocycles. The minimum Gasteiger partial charge on any atom is -0.356 e. The van der Waals surface area contributed by atoms with E-state index in [4.69, 9.17) is 4.74 Å². The van der Waals surface area contributed by atoms with Crippen molar-refractivity contribution in [3.63, 3.8) is 0 Å². The fourth-order valence-corrected chi connectivity index (χ4v) is 5.31. The van der Waals surface area contributed by atoms with Crippen LogP contribution in [0.3, 0.4) is 0 Å². The fourth-order valence-electron chi connectivity index (χ4n) is 5.31. The highest BCUT2D eigenvalue weighted by Gasteiger charge is 2.58. The van der Waals surface area contributed by atoms with Crippen molar-refractivity contribution in [2.24, 2.45) is 0 Å². The molecule has 2 aromatic heterocycles. The highest BCUT2D eigenvalue weighted by molar-refractivity contribution is 5.88. The Morgan fingerprint density at radius 3 is 2.61 bits per heavy atom. The normalized spacial score (nSPS) is 25.0. The number of imidazole rings is 1. The number of ether oxygens (including phenoxy) is 1. The molecule has 9 heteroatoms. The number of aromatic nitrogens is 3. The first-order valence-electron chi connectivity index (χ1n) is 10.5. The minimum absolute atomic E-state index is 0.0664. The van der Waals surface area contributed by atoms with Crippen LogP contribution in [-0.4, -0.2) is 50.1 Å². The van der Waals surface area contributed by atoms with Crippen LogP contribution >= 0.6 is 0 Å². The third-order valence-electron chi connectivity index (χ3n) is 6.78. The molecule has 7 nitrogen and oxygen atoms in total. The molecule has 3 aliphatic heterocycles. The number of hydrogen-bond donors (Lipinski definition) is 0. The van der Waals surface area contributed by atoms with Crippen LogP contribution in [0.2, 0.25) is 0 Å². The lowest BCUT2D eigenvalue weighted by Crippen LogP contribution is -2.50. The Morgan fingerprint density at radius 1 is 1.06 bits per heavy atom. The van der Waals surface area contributed by atoms with Crippen LogP contribution in [0, 0.1) is 11.6 Å². The molecule has 6 rings (SSSR count). The standard InChI is InChI=1S/C22H21F2N5O2/c23-15-9-14(10-16(24)11-15)17-1-2-20-29(17)21(30)22(31-20)3-6-27(7-4-22)19-13-25-12-18-26-5-8-28(18)19/h5,8-13,17,20H,1-4,6-7H2/t17-,20+/m0/s1. The summed E-state index contributed by atoms with van der Waals surface area (Å²) in [6.07, 6.45) is 9.20. The van der Waals surface area contributed by atoms with E-state index in [0.717, 1.165) is 17.5 Å². The number of fused-ring (bicyclic) bond motifs is 2. The summed E-state index contributed by atoms with van der Waals surface area (Å²) in [4.78, 5) is 26.0. The molecule has 2 atom stereocenters. The largest absolute Gasteiger partial charge is 0.356 e. The predicted octanol–water partition coefficient (Wildman–Crippen LogP) is 3.07. The summed E-state index contributed by atoms with van der Waals surface area (Å²) < 4.78 is 35.8. The number of nitrogens with zero attached hydrogens (tertiary/aromatic N) is 5. The zero-order valence-corrected chi connectivity index (χ0v) is 16.7. The fraction of sp³-hybridized carbons (Fsp3) is 0.409. The van der Waals surface area contributed by atoms with Gasteiger partial charge in [-0.1, -0.05) is 0 Å². The molecule has 3 fully saturated rings. The Labute approximate surface area is 177 Å². The molecule has 0 aliphatic carbocycles. The first-order chi connectivity index (χ1) is 15.0. The van der Waals surface area contributed by atoms with E-state index in [-0.39, 0.29) is 18.2 Å². The first kappa shape index (κ1) is 18.7. The molecule has 0 unspecified atom stereocenters. The van der Waals surface area contributed by atoms with Gasteiger partial charge in [-0.2, -0.15) is 0 Å². The molecule has 0 bridgehead atoms. The van der Waals surface area contributed by atoms with Gasteiger partial charge in [0.1, 0.15) is 23.7 Å². The number of benzene rings is 1. The number of carbonyl (C=O) groups excluding carboxylic acids is 1. The monoisotopic (exact) mass is 425 g/mol. The van der Waals surface area contributed by atoms with Gasteiger partial charge in [0.15, 0.2) is 11.2 Å². The van der Waals surface area contributed by atoms with Crippen LogP contribution in [0.15, 0.2) is 43.0 Å². The topological polar surface area (TPSA) is 63.0 Å². The molecule has 0 radical (unpaired) electrons. The maximum absolute atomic E-state index is 13.8. The van der Waals surface area contributed by atoms with Crippen LogP contribution in [-0.2, 0) is 9.53 Å². The second kappa shape index (κ2) is 6.71. The van der Waals surface area contributed by atoms with E-state index < -0.39 is 17.2 Å². The van der Waals surface area contributed by atoms with Crippen molar-refractivity contribution in [1.82, 2.24) is 19.3 Å². The highest BCUT2D eigenvalue weighted by Crippen LogP contribution is 2.48. The third-order valence-corrected chi connectivity index (χ3v) is 6.78. The summed E-state index contributed by atoms with van der Waals surface area (Å²) in [6.45, 7) is 1.29. The van der Waals surface area contributed by atoms with E-state index >= 15 is 0 Å². The molecule has 31 heavy (non-hydrogen) atoms. The highest BCUT2D eigenvalue weighted by atomic mass is 19.1. The van der Waals surface area contributed by atoms with Crippen molar-refractivity contribution in [2.45, 2.75) is 43.6 Å². The van der Waals surface area contributed by atoms with Gasteiger partial charge in [0.2, 0.25) is 0 Å². The van der Waals surface area contributed by atoms with Gasteiger partial charge in [-0.05, 0) is 30.5 Å². The van der Waals surface area contributed by atoms with Gasteiger partial charge < -0.3 is 14.5 Å². The predicted molar refractivity (Wildman–Crippen MR) is 107 cm³/mol. The molecule has 1 spiro atoms. The Bertz CT molecular complexity index is 1150. The van der Waals surface area contributed by atoms with Crippen LogP contribution in [0.4, 0.5) is 14.6 Å². The van der Waals surface area contributed by atoms with Gasteiger partial charge in [0, 0.05) is 44.4 Å². The summed E-state index contributed by atoms with van der Waals surface area (Å²) in [6, 6.07) is 3.13. The minimum atomic E-state index is -0.873. The van der Waals surface area contributed by atoms with E-state index in [1.807, 2.05) is 10.6 Å². The number of carbonyl (C=O) groups is 1. The number of rotatable bonds is 2. The molecule has 160 valence electrons. The first-order valence-corrected chi connectivity index (χ1v) is 10.5. The average Bonchev–Trinajstić information content (AvgIpc) is 3.45. The van der Waals surface area contributed by atoms with E-state index in [1.54, 1.807) is 23.5 Å². The van der Waals surface area contributed by atoms with Gasteiger partial charge in [-0.15, -0.1) is 0 Å². The Hall–Kier alpha value is -3.07. The zero-order valence-electron chi connectivity index (χ0n) is 16.7. The molecule has 3 saturated heterocycles. The molecule has 3 aliphatic rings. The molecular formula is C22H21F2N5O2. The van der Waals surface area contributed by atoms with Gasteiger partial charge in [0.05, 0.1) is 18.4 Å². The van der Waals surface area contributed by atoms with Gasteiger partial charge in [-0.25, -0.2) is 13.8 Å². The van der Waals surface area contributed by atoms with Crippen molar-refractivity contribution in [1.29, 1.82) is 0 Å². The van der Waals surface area contributed by atoms with Crippen LogP contribution < -0.4 is 4.90 Å². The van der Waals surface area contributed by atoms with E-state index in [9.17, 15) is 13.6 Å². The number of amides is 1. The molecule has 0 saturated carbocycles. The lowest BCUT2D eigenvalue weighted by molar-refractivity contribution is -0.140. The zero-order chi connectivity index (χ0) is 21.2. The second-order valence-electron chi connectivity index (χ2n) is 8.48. The maximum Gasteiger partial charge on any atom is 0.257 e. The average molecular weight is 425 g/mol. The number of halogens is 2. The van der Waals surface area contributed by atoms with Crippen molar-refractivity contribution >= 4 is 17.4 Å². The Morgan fingerprint density at radius 2 is 1.84 bits per heavy atom. The summed E-state index contributed by atoms with van der Waals surface area (Å²) in [5.74, 6) is -0.389. The number of anilines is 1. The summed E-state index contributed by atoms with van der Waals surface area (Å²) in [5, 5.41) is 0. The quantitative estimate of drug-likeness (QED) is 0.632. The van der Waals surface area contributed by atoms with Gasteiger partial charge >= 0.3 is 0 Å². The number of hydrogen-bond acceptors (Lipinski definition) is 5. The van der Waals surface area contributed by atoms with E-state index in [1.165, 1.54) is 12.1 Å². The van der Waals surface area contributed by atoms with Crippen LogP contribution in [0.5, 0.6) is 0 Å². The van der Waals surface area contributed by atoms with Crippen molar-refractivity contribution in [3.05, 3.63) is 60.2 Å². The SMILES string of the molecule is O=C1N2[C@@H](CC[C@H]2c2cc(F)cc(F)c2)OC12CCN(c1cncc3nccn13)CC2. The van der Waals surface area contributed by atoms with Crippen LogP contribution in [0.1, 0.15) is 37.3 Å². The van der Waals surface area contributed by atoms with E-state index in [2.05, 4.69) is 14.9 Å². The Kier molecular flexibility index (Phi) is 4.05. The molecule has 1 aromatic carbocycles. The van der Waals surface area contributed by atoms with Gasteiger partial charge in [-0.3, -0.25) is 14.2 Å².